The lowest BCUT2D eigenvalue weighted by atomic mass is 10.0. The van der Waals surface area contributed by atoms with Gasteiger partial charge in [0.2, 0.25) is 0 Å². The Balaban J connectivity index is 0.000000447. The van der Waals surface area contributed by atoms with E-state index < -0.39 is 0 Å². The second-order valence-corrected chi connectivity index (χ2v) is 11.4. The standard InChI is InChI=1S/C35H25N5.C7H8/c36-34(25-13-5-2-6-14-25)39-35(37)29-16-9-17-32(38-29)40-30-21-19-24-12-7-8-15-27(24)33(30)28-20-18-26(22-31(28)40)23-10-3-1-4-11-23;1-7-5-3-2-4-6-7/h1-22H,(H3,36,37,39);2-6H,1H3. The number of hydrogen-bond donors (Lipinski definition) is 2. The van der Waals surface area contributed by atoms with Crippen LogP contribution in [0.1, 0.15) is 16.8 Å². The fraction of sp³-hybridized carbons (Fsp3) is 0.0238. The molecule has 5 nitrogen and oxygen atoms in total. The van der Waals surface area contributed by atoms with Crippen molar-refractivity contribution < 1.29 is 0 Å². The summed E-state index contributed by atoms with van der Waals surface area (Å²) >= 11 is 0. The van der Waals surface area contributed by atoms with Gasteiger partial charge in [0.05, 0.1) is 11.0 Å². The molecule has 47 heavy (non-hydrogen) atoms. The van der Waals surface area contributed by atoms with Gasteiger partial charge in [-0.25, -0.2) is 9.98 Å². The number of rotatable bonds is 4. The topological polar surface area (TPSA) is 80.0 Å². The van der Waals surface area contributed by atoms with E-state index in [1.807, 2.05) is 66.7 Å². The number of amidine groups is 2. The molecule has 0 saturated carbocycles. The molecule has 8 aromatic rings. The Labute approximate surface area is 273 Å². The molecule has 2 aromatic heterocycles. The number of fused-ring (bicyclic) bond motifs is 5. The number of nitrogens with two attached hydrogens (primary N) is 1. The van der Waals surface area contributed by atoms with Gasteiger partial charge < -0.3 is 5.73 Å². The molecule has 0 amide bonds. The Morgan fingerprint density at radius 2 is 1.30 bits per heavy atom. The van der Waals surface area contributed by atoms with Gasteiger partial charge in [-0.15, -0.1) is 0 Å². The normalized spacial score (nSPS) is 11.4. The Bertz CT molecular complexity index is 2370. The zero-order valence-corrected chi connectivity index (χ0v) is 26.0. The van der Waals surface area contributed by atoms with Crippen molar-refractivity contribution >= 4 is 44.2 Å². The lowest BCUT2D eigenvalue weighted by molar-refractivity contribution is 1.07. The average Bonchev–Trinajstić information content (AvgIpc) is 3.47. The van der Waals surface area contributed by atoms with Gasteiger partial charge in [-0.3, -0.25) is 9.98 Å². The van der Waals surface area contributed by atoms with E-state index in [9.17, 15) is 0 Å². The molecule has 226 valence electrons. The van der Waals surface area contributed by atoms with Crippen molar-refractivity contribution in [2.75, 3.05) is 0 Å². The largest absolute Gasteiger partial charge is 0.383 e. The highest BCUT2D eigenvalue weighted by Crippen LogP contribution is 2.38. The van der Waals surface area contributed by atoms with Crippen LogP contribution in [0.25, 0.3) is 49.5 Å². The summed E-state index contributed by atoms with van der Waals surface area (Å²) in [6.45, 7) is 2.08. The van der Waals surface area contributed by atoms with Gasteiger partial charge in [-0.1, -0.05) is 145 Å². The molecule has 0 fully saturated rings. The molecule has 0 spiro atoms. The molecule has 0 aliphatic carbocycles. The molecule has 5 heteroatoms. The fourth-order valence-electron chi connectivity index (χ4n) is 5.91. The molecular formula is C42H33N5. The molecule has 0 radical (unpaired) electrons. The molecule has 0 bridgehead atoms. The van der Waals surface area contributed by atoms with Gasteiger partial charge in [-0.05, 0) is 53.1 Å². The van der Waals surface area contributed by atoms with Gasteiger partial charge in [0.15, 0.2) is 5.84 Å². The number of aryl methyl sites for hydroxylation is 1. The van der Waals surface area contributed by atoms with Crippen LogP contribution in [-0.4, -0.2) is 21.2 Å². The van der Waals surface area contributed by atoms with E-state index in [0.717, 1.165) is 38.9 Å². The molecule has 0 unspecified atom stereocenters. The third-order valence-corrected chi connectivity index (χ3v) is 8.21. The van der Waals surface area contributed by atoms with Crippen LogP contribution in [0.15, 0.2) is 169 Å². The minimum absolute atomic E-state index is 0.0133. The van der Waals surface area contributed by atoms with E-state index in [-0.39, 0.29) is 11.7 Å². The first-order valence-electron chi connectivity index (χ1n) is 15.6. The summed E-state index contributed by atoms with van der Waals surface area (Å²) in [5.74, 6) is 1.02. The summed E-state index contributed by atoms with van der Waals surface area (Å²) in [5.41, 5.74) is 13.2. The van der Waals surface area contributed by atoms with E-state index in [0.29, 0.717) is 5.69 Å². The van der Waals surface area contributed by atoms with Crippen molar-refractivity contribution in [3.63, 3.8) is 0 Å². The van der Waals surface area contributed by atoms with Crippen LogP contribution in [0.2, 0.25) is 0 Å². The SMILES string of the molecule is Cc1ccccc1.N=C(N=C(N)c1ccccc1)c1cccc(-n2c3cc(-c4ccccc4)ccc3c3c4ccccc4ccc32)n1. The van der Waals surface area contributed by atoms with Gasteiger partial charge in [0.25, 0.3) is 0 Å². The van der Waals surface area contributed by atoms with Gasteiger partial charge in [0, 0.05) is 16.3 Å². The third kappa shape index (κ3) is 6.02. The first kappa shape index (κ1) is 29.4. The molecular weight excluding hydrogens is 574 g/mol. The lowest BCUT2D eigenvalue weighted by Gasteiger charge is -2.10. The maximum atomic E-state index is 8.67. The van der Waals surface area contributed by atoms with Crippen LogP contribution in [0.5, 0.6) is 0 Å². The molecule has 0 aliphatic heterocycles. The molecule has 0 aliphatic rings. The fourth-order valence-corrected chi connectivity index (χ4v) is 5.91. The maximum absolute atomic E-state index is 8.67. The van der Waals surface area contributed by atoms with Crippen LogP contribution in [-0.2, 0) is 0 Å². The zero-order valence-electron chi connectivity index (χ0n) is 26.0. The van der Waals surface area contributed by atoms with Crippen molar-refractivity contribution in [3.05, 3.63) is 181 Å². The average molecular weight is 608 g/mol. The summed E-state index contributed by atoms with van der Waals surface area (Å²) in [5, 5.41) is 13.4. The number of hydrogen-bond acceptors (Lipinski definition) is 2. The van der Waals surface area contributed by atoms with Gasteiger partial charge in [-0.2, -0.15) is 0 Å². The molecule has 8 rings (SSSR count). The summed E-state index contributed by atoms with van der Waals surface area (Å²) in [6.07, 6.45) is 0. The lowest BCUT2D eigenvalue weighted by Crippen LogP contribution is -2.16. The van der Waals surface area contributed by atoms with Crippen LogP contribution in [0.3, 0.4) is 0 Å². The second kappa shape index (κ2) is 13.0. The summed E-state index contributed by atoms with van der Waals surface area (Å²) < 4.78 is 2.19. The minimum atomic E-state index is 0.0133. The number of nitrogens with zero attached hydrogens (tertiary/aromatic N) is 3. The maximum Gasteiger partial charge on any atom is 0.172 e. The first-order valence-corrected chi connectivity index (χ1v) is 15.6. The molecule has 2 heterocycles. The van der Waals surface area contributed by atoms with Crippen molar-refractivity contribution in [3.8, 4) is 16.9 Å². The predicted molar refractivity (Wildman–Crippen MR) is 197 cm³/mol. The van der Waals surface area contributed by atoms with E-state index >= 15 is 0 Å². The molecule has 3 N–H and O–H groups in total. The number of aromatic nitrogens is 2. The zero-order chi connectivity index (χ0) is 32.2. The van der Waals surface area contributed by atoms with Crippen molar-refractivity contribution in [1.29, 1.82) is 5.41 Å². The van der Waals surface area contributed by atoms with Crippen molar-refractivity contribution in [1.82, 2.24) is 9.55 Å². The van der Waals surface area contributed by atoms with Crippen LogP contribution < -0.4 is 5.73 Å². The first-order chi connectivity index (χ1) is 23.1. The number of pyridine rings is 1. The summed E-state index contributed by atoms with van der Waals surface area (Å²) in [7, 11) is 0. The summed E-state index contributed by atoms with van der Waals surface area (Å²) in [6, 6.07) is 55.2. The Hall–Kier alpha value is -6.33. The van der Waals surface area contributed by atoms with Crippen LogP contribution in [0.4, 0.5) is 0 Å². The summed E-state index contributed by atoms with van der Waals surface area (Å²) in [4.78, 5) is 9.29. The quantitative estimate of drug-likeness (QED) is 0.154. The van der Waals surface area contributed by atoms with Gasteiger partial charge in [0.1, 0.15) is 17.3 Å². The number of nitrogens with one attached hydrogen (secondary N) is 1. The van der Waals surface area contributed by atoms with E-state index in [2.05, 4.69) is 107 Å². The Morgan fingerprint density at radius 3 is 2.02 bits per heavy atom. The van der Waals surface area contributed by atoms with Crippen LogP contribution >= 0.6 is 0 Å². The Kier molecular flexibility index (Phi) is 8.10. The van der Waals surface area contributed by atoms with Gasteiger partial charge >= 0.3 is 0 Å². The molecule has 6 aromatic carbocycles. The highest BCUT2D eigenvalue weighted by molar-refractivity contribution is 6.21. The smallest absolute Gasteiger partial charge is 0.172 e. The predicted octanol–water partition coefficient (Wildman–Crippen LogP) is 9.72. The third-order valence-electron chi connectivity index (χ3n) is 8.21. The highest BCUT2D eigenvalue weighted by Gasteiger charge is 2.17. The number of aliphatic imine (C=N–C) groups is 1. The van der Waals surface area contributed by atoms with Crippen molar-refractivity contribution in [2.45, 2.75) is 6.92 Å². The van der Waals surface area contributed by atoms with E-state index in [4.69, 9.17) is 16.1 Å². The molecule has 0 saturated heterocycles. The minimum Gasteiger partial charge on any atom is -0.383 e. The van der Waals surface area contributed by atoms with E-state index in [1.54, 1.807) is 6.07 Å². The Morgan fingerprint density at radius 1 is 0.617 bits per heavy atom. The number of benzene rings is 6. The van der Waals surface area contributed by atoms with Crippen molar-refractivity contribution in [2.24, 2.45) is 10.7 Å². The van der Waals surface area contributed by atoms with E-state index in [1.165, 1.54) is 21.7 Å². The molecule has 0 atom stereocenters. The van der Waals surface area contributed by atoms with Crippen LogP contribution in [0, 0.1) is 12.3 Å². The monoisotopic (exact) mass is 607 g/mol. The highest BCUT2D eigenvalue weighted by atomic mass is 15.1. The second-order valence-electron chi connectivity index (χ2n) is 11.4.